The van der Waals surface area contributed by atoms with E-state index in [4.69, 9.17) is 21.1 Å². The lowest BCUT2D eigenvalue weighted by Crippen LogP contribution is -2.36. The van der Waals surface area contributed by atoms with E-state index < -0.39 is 23.6 Å². The number of nitrogens with one attached hydrogen (secondary N) is 2. The summed E-state index contributed by atoms with van der Waals surface area (Å²) in [6.07, 6.45) is 1.52. The van der Waals surface area contributed by atoms with Crippen LogP contribution in [0.4, 0.5) is 16.2 Å². The molecule has 1 fully saturated rings. The van der Waals surface area contributed by atoms with Gasteiger partial charge in [-0.25, -0.2) is 0 Å². The van der Waals surface area contributed by atoms with Gasteiger partial charge in [-0.1, -0.05) is 48.0 Å². The molecule has 0 unspecified atom stereocenters. The molecular formula is C27H22ClN3O6S. The number of thioether (sulfide) groups is 1. The SMILES string of the molecule is COc1cc(/C=C2/SC(=O)N(CC(=O)Nc3ccccc3Cl)C2=O)ccc1OCC(=O)Nc1ccccc1. The van der Waals surface area contributed by atoms with Crippen molar-refractivity contribution < 1.29 is 28.7 Å². The quantitative estimate of drug-likeness (QED) is 0.358. The second kappa shape index (κ2) is 12.3. The van der Waals surface area contributed by atoms with Crippen molar-refractivity contribution in [2.24, 2.45) is 0 Å². The molecule has 9 nitrogen and oxygen atoms in total. The third kappa shape index (κ3) is 6.72. The molecule has 0 aromatic heterocycles. The molecule has 0 bridgehead atoms. The van der Waals surface area contributed by atoms with E-state index in [-0.39, 0.29) is 17.4 Å². The molecular weight excluding hydrogens is 530 g/mol. The Labute approximate surface area is 227 Å². The Morgan fingerprint density at radius 3 is 2.42 bits per heavy atom. The monoisotopic (exact) mass is 551 g/mol. The summed E-state index contributed by atoms with van der Waals surface area (Å²) >= 11 is 6.77. The summed E-state index contributed by atoms with van der Waals surface area (Å²) in [5, 5.41) is 5.10. The van der Waals surface area contributed by atoms with Crippen molar-refractivity contribution in [3.05, 3.63) is 88.3 Å². The van der Waals surface area contributed by atoms with Crippen molar-refractivity contribution in [2.45, 2.75) is 0 Å². The van der Waals surface area contributed by atoms with E-state index in [0.29, 0.717) is 33.5 Å². The van der Waals surface area contributed by atoms with Gasteiger partial charge in [0.2, 0.25) is 5.91 Å². The molecule has 2 N–H and O–H groups in total. The number of benzene rings is 3. The lowest BCUT2D eigenvalue weighted by Gasteiger charge is -2.13. The molecule has 1 heterocycles. The number of rotatable bonds is 9. The number of hydrogen-bond acceptors (Lipinski definition) is 7. The van der Waals surface area contributed by atoms with Crippen LogP contribution in [0.1, 0.15) is 5.56 Å². The van der Waals surface area contributed by atoms with Gasteiger partial charge in [0.05, 0.1) is 22.7 Å². The summed E-state index contributed by atoms with van der Waals surface area (Å²) in [5.74, 6) is -0.816. The predicted octanol–water partition coefficient (Wildman–Crippen LogP) is 5.04. The average molecular weight is 552 g/mol. The maximum Gasteiger partial charge on any atom is 0.294 e. The number of para-hydroxylation sites is 2. The molecule has 0 radical (unpaired) electrons. The first-order valence-electron chi connectivity index (χ1n) is 11.3. The van der Waals surface area contributed by atoms with Crippen molar-refractivity contribution in [3.63, 3.8) is 0 Å². The summed E-state index contributed by atoms with van der Waals surface area (Å²) in [6, 6.07) is 20.5. The standard InChI is InChI=1S/C27H22ClN3O6S/c1-36-22-13-17(11-12-21(22)37-16-25(33)29-18-7-3-2-4-8-18)14-23-26(34)31(27(35)38-23)15-24(32)30-20-10-6-5-9-19(20)28/h2-14H,15-16H2,1H3,(H,29,33)(H,30,32)/b23-14+. The highest BCUT2D eigenvalue weighted by molar-refractivity contribution is 8.18. The Morgan fingerprint density at radius 1 is 0.947 bits per heavy atom. The van der Waals surface area contributed by atoms with Gasteiger partial charge in [0.25, 0.3) is 17.1 Å². The third-order valence-corrected chi connectivity index (χ3v) is 6.46. The van der Waals surface area contributed by atoms with Gasteiger partial charge < -0.3 is 20.1 Å². The number of imide groups is 1. The van der Waals surface area contributed by atoms with Crippen LogP contribution in [0.25, 0.3) is 6.08 Å². The molecule has 3 aromatic rings. The molecule has 3 aromatic carbocycles. The van der Waals surface area contributed by atoms with Crippen LogP contribution in [0.5, 0.6) is 11.5 Å². The number of amides is 4. The normalized spacial score (nSPS) is 13.9. The van der Waals surface area contributed by atoms with Crippen molar-refractivity contribution in [1.29, 1.82) is 0 Å². The number of methoxy groups -OCH3 is 1. The summed E-state index contributed by atoms with van der Waals surface area (Å²) in [7, 11) is 1.45. The topological polar surface area (TPSA) is 114 Å². The third-order valence-electron chi connectivity index (χ3n) is 5.23. The number of carbonyl (C=O) groups excluding carboxylic acids is 4. The molecule has 4 rings (SSSR count). The summed E-state index contributed by atoms with van der Waals surface area (Å²) in [6.45, 7) is -0.686. The molecule has 4 amide bonds. The molecule has 0 aliphatic carbocycles. The fourth-order valence-corrected chi connectivity index (χ4v) is 4.46. The Balaban J connectivity index is 1.39. The van der Waals surface area contributed by atoms with E-state index in [0.717, 1.165) is 16.7 Å². The Bertz CT molecular complexity index is 1410. The number of hydrogen-bond donors (Lipinski definition) is 2. The largest absolute Gasteiger partial charge is 0.493 e. The molecule has 0 atom stereocenters. The number of halogens is 1. The zero-order valence-corrected chi connectivity index (χ0v) is 21.7. The molecule has 0 saturated carbocycles. The Hall–Kier alpha value is -4.28. The van der Waals surface area contributed by atoms with Crippen molar-refractivity contribution in [2.75, 3.05) is 30.9 Å². The van der Waals surface area contributed by atoms with Crippen molar-refractivity contribution in [3.8, 4) is 11.5 Å². The minimum atomic E-state index is -0.591. The van der Waals surface area contributed by atoms with Crippen molar-refractivity contribution in [1.82, 2.24) is 4.90 Å². The fourth-order valence-electron chi connectivity index (χ4n) is 3.44. The van der Waals surface area contributed by atoms with Crippen LogP contribution in [-0.4, -0.2) is 48.1 Å². The van der Waals surface area contributed by atoms with Crippen LogP contribution >= 0.6 is 23.4 Å². The highest BCUT2D eigenvalue weighted by atomic mass is 35.5. The number of ether oxygens (including phenoxy) is 2. The van der Waals surface area contributed by atoms with Crippen LogP contribution < -0.4 is 20.1 Å². The van der Waals surface area contributed by atoms with E-state index in [2.05, 4.69) is 10.6 Å². The second-order valence-electron chi connectivity index (χ2n) is 7.91. The minimum Gasteiger partial charge on any atom is -0.493 e. The fraction of sp³-hybridized carbons (Fsp3) is 0.111. The van der Waals surface area contributed by atoms with Gasteiger partial charge in [-0.2, -0.15) is 0 Å². The lowest BCUT2D eigenvalue weighted by atomic mass is 10.2. The first kappa shape index (κ1) is 26.8. The van der Waals surface area contributed by atoms with Gasteiger partial charge in [0, 0.05) is 5.69 Å². The summed E-state index contributed by atoms with van der Waals surface area (Å²) < 4.78 is 11.0. The number of carbonyl (C=O) groups is 4. The van der Waals surface area contributed by atoms with Crippen LogP contribution in [0, 0.1) is 0 Å². The minimum absolute atomic E-state index is 0.151. The average Bonchev–Trinajstić information content (AvgIpc) is 3.16. The van der Waals surface area contributed by atoms with Crippen molar-refractivity contribution >= 4 is 63.8 Å². The van der Waals surface area contributed by atoms with Gasteiger partial charge >= 0.3 is 0 Å². The van der Waals surface area contributed by atoms with Gasteiger partial charge in [0.1, 0.15) is 6.54 Å². The Morgan fingerprint density at radius 2 is 1.68 bits per heavy atom. The summed E-state index contributed by atoms with van der Waals surface area (Å²) in [4.78, 5) is 50.9. The van der Waals surface area contributed by atoms with Crippen LogP contribution in [0.15, 0.2) is 77.7 Å². The first-order chi connectivity index (χ1) is 18.3. The zero-order valence-electron chi connectivity index (χ0n) is 20.1. The van der Waals surface area contributed by atoms with E-state index in [1.807, 2.05) is 18.2 Å². The summed E-state index contributed by atoms with van der Waals surface area (Å²) in [5.41, 5.74) is 1.60. The van der Waals surface area contributed by atoms with E-state index in [1.165, 1.54) is 13.2 Å². The van der Waals surface area contributed by atoms with E-state index >= 15 is 0 Å². The van der Waals surface area contributed by atoms with Crippen LogP contribution in [0.3, 0.4) is 0 Å². The molecule has 38 heavy (non-hydrogen) atoms. The zero-order chi connectivity index (χ0) is 27.1. The molecule has 1 aliphatic rings. The van der Waals surface area contributed by atoms with Gasteiger partial charge in [0.15, 0.2) is 18.1 Å². The number of nitrogens with zero attached hydrogens (tertiary/aromatic N) is 1. The molecule has 194 valence electrons. The molecule has 1 saturated heterocycles. The van der Waals surface area contributed by atoms with Gasteiger partial charge in [-0.15, -0.1) is 0 Å². The smallest absolute Gasteiger partial charge is 0.294 e. The predicted molar refractivity (Wildman–Crippen MR) is 146 cm³/mol. The van der Waals surface area contributed by atoms with E-state index in [9.17, 15) is 19.2 Å². The second-order valence-corrected chi connectivity index (χ2v) is 9.31. The van der Waals surface area contributed by atoms with Crippen LogP contribution in [0.2, 0.25) is 5.02 Å². The first-order valence-corrected chi connectivity index (χ1v) is 12.5. The molecule has 11 heteroatoms. The Kier molecular flexibility index (Phi) is 8.67. The maximum atomic E-state index is 12.8. The highest BCUT2D eigenvalue weighted by Crippen LogP contribution is 2.34. The molecule has 1 aliphatic heterocycles. The molecule has 0 spiro atoms. The lowest BCUT2D eigenvalue weighted by molar-refractivity contribution is -0.127. The maximum absolute atomic E-state index is 12.8. The van der Waals surface area contributed by atoms with Gasteiger partial charge in [-0.05, 0) is 59.8 Å². The van der Waals surface area contributed by atoms with E-state index in [1.54, 1.807) is 54.6 Å². The van der Waals surface area contributed by atoms with Gasteiger partial charge in [-0.3, -0.25) is 24.1 Å². The number of anilines is 2. The highest BCUT2D eigenvalue weighted by Gasteiger charge is 2.36. The van der Waals surface area contributed by atoms with Crippen LogP contribution in [-0.2, 0) is 14.4 Å².